The van der Waals surface area contributed by atoms with Gasteiger partial charge in [-0.3, -0.25) is 9.78 Å². The molecule has 1 aliphatic carbocycles. The number of hydrogen-bond donors (Lipinski definition) is 0. The molecule has 1 saturated carbocycles. The first kappa shape index (κ1) is 16.0. The van der Waals surface area contributed by atoms with E-state index in [0.29, 0.717) is 31.1 Å². The quantitative estimate of drug-likeness (QED) is 0.804. The van der Waals surface area contributed by atoms with Gasteiger partial charge in [-0.25, -0.2) is 0 Å². The molecule has 1 amide bonds. The van der Waals surface area contributed by atoms with Gasteiger partial charge in [0.2, 0.25) is 5.91 Å². The minimum absolute atomic E-state index is 0.154. The third kappa shape index (κ3) is 3.78. The van der Waals surface area contributed by atoms with Gasteiger partial charge in [0, 0.05) is 25.4 Å². The van der Waals surface area contributed by atoms with Gasteiger partial charge in [-0.05, 0) is 49.7 Å². The molecule has 2 aliphatic heterocycles. The molecule has 3 atom stereocenters. The van der Waals surface area contributed by atoms with Crippen LogP contribution in [-0.2, 0) is 20.9 Å². The van der Waals surface area contributed by atoms with Crippen LogP contribution in [0.1, 0.15) is 44.1 Å². The van der Waals surface area contributed by atoms with Gasteiger partial charge < -0.3 is 14.4 Å². The lowest BCUT2D eigenvalue weighted by molar-refractivity contribution is -0.139. The lowest BCUT2D eigenvalue weighted by Gasteiger charge is -2.36. The number of rotatable bonds is 6. The van der Waals surface area contributed by atoms with Crippen LogP contribution >= 0.6 is 0 Å². The zero-order valence-electron chi connectivity index (χ0n) is 14.1. The average Bonchev–Trinajstić information content (AvgIpc) is 3.32. The maximum Gasteiger partial charge on any atom is 0.223 e. The number of carbonyl (C=O) groups is 1. The summed E-state index contributed by atoms with van der Waals surface area (Å²) in [6, 6.07) is 4.24. The van der Waals surface area contributed by atoms with E-state index in [1.165, 1.54) is 12.8 Å². The van der Waals surface area contributed by atoms with Gasteiger partial charge in [0.15, 0.2) is 0 Å². The van der Waals surface area contributed by atoms with Crippen molar-refractivity contribution in [1.29, 1.82) is 0 Å². The molecule has 3 fully saturated rings. The summed E-state index contributed by atoms with van der Waals surface area (Å²) in [6.45, 7) is 2.06. The van der Waals surface area contributed by atoms with Crippen molar-refractivity contribution in [2.24, 2.45) is 5.92 Å². The maximum atomic E-state index is 12.4. The third-order valence-corrected chi connectivity index (χ3v) is 5.41. The molecule has 5 heteroatoms. The van der Waals surface area contributed by atoms with E-state index in [9.17, 15) is 4.79 Å². The Kier molecular flexibility index (Phi) is 4.81. The van der Waals surface area contributed by atoms with Gasteiger partial charge in [-0.1, -0.05) is 6.07 Å². The molecular weight excluding hydrogens is 304 g/mol. The van der Waals surface area contributed by atoms with Crippen molar-refractivity contribution in [3.63, 3.8) is 0 Å². The number of fused-ring (bicyclic) bond motifs is 1. The van der Waals surface area contributed by atoms with Gasteiger partial charge in [-0.15, -0.1) is 0 Å². The van der Waals surface area contributed by atoms with Crippen molar-refractivity contribution in [3.05, 3.63) is 30.1 Å². The van der Waals surface area contributed by atoms with Crippen LogP contribution in [0.15, 0.2) is 24.5 Å². The zero-order valence-corrected chi connectivity index (χ0v) is 14.1. The largest absolute Gasteiger partial charge is 0.374 e. The number of carbonyl (C=O) groups excluding carboxylic acids is 1. The Morgan fingerprint density at radius 3 is 3.00 bits per heavy atom. The molecule has 0 radical (unpaired) electrons. The Balaban J connectivity index is 1.22. The molecular formula is C19H26N2O3. The van der Waals surface area contributed by atoms with E-state index >= 15 is 0 Å². The molecule has 24 heavy (non-hydrogen) atoms. The summed E-state index contributed by atoms with van der Waals surface area (Å²) in [7, 11) is 0. The van der Waals surface area contributed by atoms with Crippen LogP contribution in [0.4, 0.5) is 0 Å². The third-order valence-electron chi connectivity index (χ3n) is 5.41. The van der Waals surface area contributed by atoms with E-state index in [4.69, 9.17) is 9.47 Å². The highest BCUT2D eigenvalue weighted by Gasteiger charge is 2.42. The molecule has 1 aromatic rings. The Morgan fingerprint density at radius 2 is 2.21 bits per heavy atom. The van der Waals surface area contributed by atoms with Crippen molar-refractivity contribution in [2.75, 3.05) is 13.2 Å². The van der Waals surface area contributed by atoms with Gasteiger partial charge in [0.1, 0.15) is 0 Å². The minimum Gasteiger partial charge on any atom is -0.374 e. The van der Waals surface area contributed by atoms with Crippen molar-refractivity contribution in [1.82, 2.24) is 9.88 Å². The molecule has 4 rings (SSSR count). The summed E-state index contributed by atoms with van der Waals surface area (Å²) >= 11 is 0. The summed E-state index contributed by atoms with van der Waals surface area (Å²) in [5.41, 5.74) is 1.09. The Labute approximate surface area is 143 Å². The van der Waals surface area contributed by atoms with Crippen LogP contribution in [0.3, 0.4) is 0 Å². The Bertz CT molecular complexity index is 561. The molecule has 130 valence electrons. The maximum absolute atomic E-state index is 12.4. The lowest BCUT2D eigenvalue weighted by Crippen LogP contribution is -2.46. The number of hydrogen-bond acceptors (Lipinski definition) is 4. The number of ether oxygens (including phenoxy) is 2. The topological polar surface area (TPSA) is 51.7 Å². The number of aromatic nitrogens is 1. The number of amides is 1. The van der Waals surface area contributed by atoms with Gasteiger partial charge in [0.05, 0.1) is 31.5 Å². The molecule has 5 nitrogen and oxygen atoms in total. The summed E-state index contributed by atoms with van der Waals surface area (Å²) in [6.07, 6.45) is 10.2. The van der Waals surface area contributed by atoms with Crippen molar-refractivity contribution < 1.29 is 14.3 Å². The number of pyridine rings is 1. The second-order valence-electron chi connectivity index (χ2n) is 7.34. The van der Waals surface area contributed by atoms with Gasteiger partial charge in [0.25, 0.3) is 0 Å². The highest BCUT2D eigenvalue weighted by molar-refractivity contribution is 5.77. The fourth-order valence-corrected chi connectivity index (χ4v) is 3.91. The van der Waals surface area contributed by atoms with Gasteiger partial charge in [-0.2, -0.15) is 0 Å². The lowest BCUT2D eigenvalue weighted by atomic mass is 9.99. The van der Waals surface area contributed by atoms with Crippen LogP contribution in [0, 0.1) is 5.92 Å². The molecule has 0 spiro atoms. The number of likely N-dealkylation sites (tertiary alicyclic amines) is 1. The predicted molar refractivity (Wildman–Crippen MR) is 89.2 cm³/mol. The van der Waals surface area contributed by atoms with E-state index < -0.39 is 0 Å². The molecule has 0 N–H and O–H groups in total. The predicted octanol–water partition coefficient (Wildman–Crippen LogP) is 2.55. The van der Waals surface area contributed by atoms with E-state index in [0.717, 1.165) is 37.8 Å². The SMILES string of the molecule is O=C(CC1CC1)N1CC[C@@H]2O[C@H](COCc3cccnc3)CC[C@@H]21. The first-order valence-electron chi connectivity index (χ1n) is 9.21. The first-order chi connectivity index (χ1) is 11.8. The minimum atomic E-state index is 0.154. The van der Waals surface area contributed by atoms with Crippen LogP contribution in [0.25, 0.3) is 0 Å². The average molecular weight is 330 g/mol. The second-order valence-corrected chi connectivity index (χ2v) is 7.34. The van der Waals surface area contributed by atoms with Crippen LogP contribution in [0.2, 0.25) is 0 Å². The van der Waals surface area contributed by atoms with Crippen molar-refractivity contribution in [2.45, 2.75) is 63.4 Å². The molecule has 2 saturated heterocycles. The van der Waals surface area contributed by atoms with Crippen LogP contribution in [-0.4, -0.2) is 47.2 Å². The zero-order chi connectivity index (χ0) is 16.4. The van der Waals surface area contributed by atoms with Crippen molar-refractivity contribution in [3.8, 4) is 0 Å². The molecule has 0 aromatic carbocycles. The standard InChI is InChI=1S/C19H26N2O3/c22-19(10-14-3-4-14)21-9-7-18-17(21)6-5-16(24-18)13-23-12-15-2-1-8-20-11-15/h1-2,8,11,14,16-18H,3-7,9-10,12-13H2/t16-,17-,18-/m0/s1. The smallest absolute Gasteiger partial charge is 0.223 e. The molecule has 3 aliphatic rings. The van der Waals surface area contributed by atoms with Gasteiger partial charge >= 0.3 is 0 Å². The molecule has 0 unspecified atom stereocenters. The highest BCUT2D eigenvalue weighted by atomic mass is 16.5. The Hall–Kier alpha value is -1.46. The summed E-state index contributed by atoms with van der Waals surface area (Å²) in [5, 5.41) is 0. The van der Waals surface area contributed by atoms with Crippen LogP contribution < -0.4 is 0 Å². The van der Waals surface area contributed by atoms with Crippen LogP contribution in [0.5, 0.6) is 0 Å². The molecule has 0 bridgehead atoms. The second kappa shape index (κ2) is 7.19. The normalized spacial score (nSPS) is 29.5. The molecule has 3 heterocycles. The number of nitrogens with zero attached hydrogens (tertiary/aromatic N) is 2. The Morgan fingerprint density at radius 1 is 1.29 bits per heavy atom. The highest BCUT2D eigenvalue weighted by Crippen LogP contribution is 2.36. The van der Waals surface area contributed by atoms with E-state index in [1.54, 1.807) is 6.20 Å². The summed E-state index contributed by atoms with van der Waals surface area (Å²) in [5.74, 6) is 1.01. The van der Waals surface area contributed by atoms with E-state index in [2.05, 4.69) is 9.88 Å². The molecule has 1 aromatic heterocycles. The fourth-order valence-electron chi connectivity index (χ4n) is 3.91. The van der Waals surface area contributed by atoms with E-state index in [-0.39, 0.29) is 12.2 Å². The summed E-state index contributed by atoms with van der Waals surface area (Å²) in [4.78, 5) is 18.6. The monoisotopic (exact) mass is 330 g/mol. The fraction of sp³-hybridized carbons (Fsp3) is 0.684. The first-order valence-corrected chi connectivity index (χ1v) is 9.21. The van der Waals surface area contributed by atoms with E-state index in [1.807, 2.05) is 18.3 Å². The summed E-state index contributed by atoms with van der Waals surface area (Å²) < 4.78 is 12.0. The van der Waals surface area contributed by atoms with Crippen molar-refractivity contribution >= 4 is 5.91 Å².